The first-order valence-corrected chi connectivity index (χ1v) is 6.53. The third-order valence-electron chi connectivity index (χ3n) is 3.23. The summed E-state index contributed by atoms with van der Waals surface area (Å²) < 4.78 is 5.87. The summed E-state index contributed by atoms with van der Waals surface area (Å²) in [7, 11) is 0. The largest absolute Gasteiger partial charge is 0.377 e. The van der Waals surface area contributed by atoms with E-state index in [1.54, 1.807) is 0 Å². The maximum Gasteiger partial charge on any atom is 0.221 e. The van der Waals surface area contributed by atoms with E-state index in [2.05, 4.69) is 26.1 Å². The summed E-state index contributed by atoms with van der Waals surface area (Å²) >= 11 is 0. The van der Waals surface area contributed by atoms with Gasteiger partial charge in [-0.3, -0.25) is 4.79 Å². The van der Waals surface area contributed by atoms with E-state index in [0.29, 0.717) is 25.4 Å². The van der Waals surface area contributed by atoms with Crippen LogP contribution < -0.4 is 11.1 Å². The second kappa shape index (κ2) is 7.97. The molecule has 0 saturated carbocycles. The van der Waals surface area contributed by atoms with Crippen molar-refractivity contribution in [3.05, 3.63) is 0 Å². The Kier molecular flexibility index (Phi) is 7.83. The molecule has 108 valence electrons. The van der Waals surface area contributed by atoms with E-state index in [1.165, 1.54) is 0 Å². The van der Waals surface area contributed by atoms with E-state index < -0.39 is 0 Å². The molecule has 1 saturated heterocycles. The van der Waals surface area contributed by atoms with Gasteiger partial charge in [0, 0.05) is 32.0 Å². The number of carbonyl (C=O) groups excluding carboxylic acids is 1. The van der Waals surface area contributed by atoms with Gasteiger partial charge in [0.1, 0.15) is 0 Å². The number of ether oxygens (including phenoxy) is 1. The zero-order chi connectivity index (χ0) is 12.9. The third-order valence-corrected chi connectivity index (χ3v) is 3.23. The van der Waals surface area contributed by atoms with Gasteiger partial charge in [-0.2, -0.15) is 0 Å². The topological polar surface area (TPSA) is 64.3 Å². The van der Waals surface area contributed by atoms with Gasteiger partial charge in [-0.25, -0.2) is 0 Å². The van der Waals surface area contributed by atoms with Crippen molar-refractivity contribution in [1.82, 2.24) is 5.32 Å². The zero-order valence-corrected chi connectivity index (χ0v) is 12.5. The van der Waals surface area contributed by atoms with Crippen molar-refractivity contribution in [2.24, 2.45) is 17.1 Å². The molecule has 1 aliphatic heterocycles. The van der Waals surface area contributed by atoms with Crippen LogP contribution in [0.25, 0.3) is 0 Å². The highest BCUT2D eigenvalue weighted by Gasteiger charge is 2.35. The minimum Gasteiger partial charge on any atom is -0.377 e. The predicted octanol–water partition coefficient (Wildman–Crippen LogP) is 1.71. The molecule has 5 heteroatoms. The van der Waals surface area contributed by atoms with Crippen LogP contribution in [-0.2, 0) is 9.53 Å². The first-order chi connectivity index (χ1) is 7.95. The zero-order valence-electron chi connectivity index (χ0n) is 11.7. The SMILES string of the molecule is CC(C)(C)C1OCCCC1CNC(=O)CCN.Cl. The standard InChI is InChI=1S/C13H26N2O2.ClH/c1-13(2,3)12-10(5-4-8-17-12)9-15-11(16)6-7-14;/h10,12H,4-9,14H2,1-3H3,(H,15,16);1H. The van der Waals surface area contributed by atoms with E-state index in [4.69, 9.17) is 10.5 Å². The lowest BCUT2D eigenvalue weighted by Crippen LogP contribution is -2.45. The van der Waals surface area contributed by atoms with Gasteiger partial charge in [-0.05, 0) is 18.3 Å². The lowest BCUT2D eigenvalue weighted by atomic mass is 9.78. The quantitative estimate of drug-likeness (QED) is 0.823. The Morgan fingerprint density at radius 1 is 1.44 bits per heavy atom. The van der Waals surface area contributed by atoms with Gasteiger partial charge in [0.25, 0.3) is 0 Å². The van der Waals surface area contributed by atoms with Crippen molar-refractivity contribution in [2.75, 3.05) is 19.7 Å². The molecule has 1 rings (SSSR count). The maximum absolute atomic E-state index is 11.4. The fourth-order valence-corrected chi connectivity index (χ4v) is 2.47. The molecule has 1 aliphatic rings. The fraction of sp³-hybridized carbons (Fsp3) is 0.923. The minimum atomic E-state index is 0. The van der Waals surface area contributed by atoms with Crippen molar-refractivity contribution >= 4 is 18.3 Å². The molecule has 4 nitrogen and oxygen atoms in total. The summed E-state index contributed by atoms with van der Waals surface area (Å²) in [5.74, 6) is 0.469. The van der Waals surface area contributed by atoms with Crippen LogP contribution >= 0.6 is 12.4 Å². The molecule has 2 atom stereocenters. The summed E-state index contributed by atoms with van der Waals surface area (Å²) in [5, 5.41) is 2.96. The van der Waals surface area contributed by atoms with E-state index in [9.17, 15) is 4.79 Å². The highest BCUT2D eigenvalue weighted by molar-refractivity contribution is 5.85. The monoisotopic (exact) mass is 278 g/mol. The first-order valence-electron chi connectivity index (χ1n) is 6.53. The second-order valence-corrected chi connectivity index (χ2v) is 5.90. The van der Waals surface area contributed by atoms with E-state index in [1.807, 2.05) is 0 Å². The molecule has 0 aliphatic carbocycles. The van der Waals surface area contributed by atoms with Crippen LogP contribution in [0.1, 0.15) is 40.0 Å². The lowest BCUT2D eigenvalue weighted by Gasteiger charge is -2.40. The van der Waals surface area contributed by atoms with Gasteiger partial charge in [0.2, 0.25) is 5.91 Å². The molecule has 0 aromatic heterocycles. The van der Waals surface area contributed by atoms with Crippen LogP contribution in [0, 0.1) is 11.3 Å². The molecule has 0 radical (unpaired) electrons. The average molecular weight is 279 g/mol. The molecule has 0 bridgehead atoms. The molecule has 0 aromatic carbocycles. The minimum absolute atomic E-state index is 0. The summed E-state index contributed by atoms with van der Waals surface area (Å²) in [6, 6.07) is 0. The first kappa shape index (κ1) is 17.7. The number of halogens is 1. The van der Waals surface area contributed by atoms with Crippen molar-refractivity contribution in [2.45, 2.75) is 46.1 Å². The van der Waals surface area contributed by atoms with Crippen LogP contribution in [0.3, 0.4) is 0 Å². The number of amides is 1. The van der Waals surface area contributed by atoms with Gasteiger partial charge in [0.05, 0.1) is 6.10 Å². The van der Waals surface area contributed by atoms with Gasteiger partial charge in [-0.15, -0.1) is 12.4 Å². The van der Waals surface area contributed by atoms with Crippen molar-refractivity contribution in [3.8, 4) is 0 Å². The van der Waals surface area contributed by atoms with Crippen LogP contribution in [0.4, 0.5) is 0 Å². The van der Waals surface area contributed by atoms with E-state index >= 15 is 0 Å². The Balaban J connectivity index is 0.00000289. The van der Waals surface area contributed by atoms with Gasteiger partial charge in [-0.1, -0.05) is 20.8 Å². The van der Waals surface area contributed by atoms with Crippen LogP contribution in [-0.4, -0.2) is 31.7 Å². The Labute approximate surface area is 116 Å². The number of hydrogen-bond donors (Lipinski definition) is 2. The van der Waals surface area contributed by atoms with Crippen molar-refractivity contribution in [1.29, 1.82) is 0 Å². The summed E-state index contributed by atoms with van der Waals surface area (Å²) in [6.45, 7) is 8.54. The van der Waals surface area contributed by atoms with Crippen LogP contribution in [0.5, 0.6) is 0 Å². The Hall–Kier alpha value is -0.320. The van der Waals surface area contributed by atoms with Gasteiger partial charge >= 0.3 is 0 Å². The van der Waals surface area contributed by atoms with Gasteiger partial charge < -0.3 is 15.8 Å². The van der Waals surface area contributed by atoms with Crippen molar-refractivity contribution < 1.29 is 9.53 Å². The molecule has 2 unspecified atom stereocenters. The molecule has 0 aromatic rings. The molecule has 18 heavy (non-hydrogen) atoms. The van der Waals surface area contributed by atoms with Crippen LogP contribution in [0.15, 0.2) is 0 Å². The molecule has 1 heterocycles. The molecular weight excluding hydrogens is 252 g/mol. The highest BCUT2D eigenvalue weighted by Crippen LogP contribution is 2.33. The van der Waals surface area contributed by atoms with Crippen LogP contribution in [0.2, 0.25) is 0 Å². The number of nitrogens with two attached hydrogens (primary N) is 1. The Bertz CT molecular complexity index is 254. The highest BCUT2D eigenvalue weighted by atomic mass is 35.5. The fourth-order valence-electron chi connectivity index (χ4n) is 2.47. The number of rotatable bonds is 4. The average Bonchev–Trinajstić information content (AvgIpc) is 2.26. The number of carbonyl (C=O) groups is 1. The summed E-state index contributed by atoms with van der Waals surface area (Å²) in [6.07, 6.45) is 2.86. The molecule has 1 fully saturated rings. The van der Waals surface area contributed by atoms with Crippen molar-refractivity contribution in [3.63, 3.8) is 0 Å². The number of hydrogen-bond acceptors (Lipinski definition) is 3. The summed E-state index contributed by atoms with van der Waals surface area (Å²) in [4.78, 5) is 11.4. The van der Waals surface area contributed by atoms with Gasteiger partial charge in [0.15, 0.2) is 0 Å². The molecule has 0 spiro atoms. The van der Waals surface area contributed by atoms with E-state index in [0.717, 1.165) is 19.4 Å². The van der Waals surface area contributed by atoms with E-state index in [-0.39, 0.29) is 29.8 Å². The Morgan fingerprint density at radius 2 is 2.11 bits per heavy atom. The number of nitrogens with one attached hydrogen (secondary N) is 1. The normalized spacial score (nSPS) is 24.2. The summed E-state index contributed by atoms with van der Waals surface area (Å²) in [5.41, 5.74) is 5.48. The molecule has 1 amide bonds. The smallest absolute Gasteiger partial charge is 0.221 e. The third kappa shape index (κ3) is 5.55. The maximum atomic E-state index is 11.4. The lowest BCUT2D eigenvalue weighted by molar-refractivity contribution is -0.122. The Morgan fingerprint density at radius 3 is 2.67 bits per heavy atom. The predicted molar refractivity (Wildman–Crippen MR) is 75.8 cm³/mol. The second-order valence-electron chi connectivity index (χ2n) is 5.90. The molecule has 3 N–H and O–H groups in total. The molecular formula is C13H27ClN2O2.